The number of amides is 1. The van der Waals surface area contributed by atoms with Crippen molar-refractivity contribution in [1.82, 2.24) is 5.32 Å². The summed E-state index contributed by atoms with van der Waals surface area (Å²) in [5, 5.41) is 2.81. The molecule has 0 spiro atoms. The number of piperidine rings is 1. The van der Waals surface area contributed by atoms with Crippen molar-refractivity contribution >= 4 is 11.9 Å². The van der Waals surface area contributed by atoms with Crippen molar-refractivity contribution in [2.75, 3.05) is 20.3 Å². The molecule has 1 fully saturated rings. The van der Waals surface area contributed by atoms with E-state index in [4.69, 9.17) is 4.74 Å². The van der Waals surface area contributed by atoms with Crippen molar-refractivity contribution in [3.05, 3.63) is 29.8 Å². The van der Waals surface area contributed by atoms with Crippen LogP contribution in [0.2, 0.25) is 0 Å². The van der Waals surface area contributed by atoms with Crippen LogP contribution in [-0.2, 0) is 20.7 Å². The first-order chi connectivity index (χ1) is 10.2. The first-order valence-corrected chi connectivity index (χ1v) is 7.22. The molecule has 1 N–H and O–H groups in total. The van der Waals surface area contributed by atoms with Crippen molar-refractivity contribution in [2.24, 2.45) is 5.92 Å². The second kappa shape index (κ2) is 7.67. The lowest BCUT2D eigenvalue weighted by Crippen LogP contribution is -2.35. The van der Waals surface area contributed by atoms with Crippen LogP contribution >= 0.6 is 0 Å². The van der Waals surface area contributed by atoms with Crippen molar-refractivity contribution in [3.8, 4) is 5.75 Å². The molecule has 1 aliphatic heterocycles. The molecule has 0 aromatic heterocycles. The number of methoxy groups -OCH3 is 1. The van der Waals surface area contributed by atoms with Gasteiger partial charge in [-0.25, -0.2) is 0 Å². The normalized spacial score (nSPS) is 18.0. The molecule has 1 atom stereocenters. The van der Waals surface area contributed by atoms with Crippen LogP contribution in [0, 0.1) is 5.92 Å². The summed E-state index contributed by atoms with van der Waals surface area (Å²) in [7, 11) is 1.39. The maximum absolute atomic E-state index is 11.3. The number of aryl methyl sites for hydroxylation is 1. The Balaban J connectivity index is 1.76. The fraction of sp³-hybridized carbons (Fsp3) is 0.500. The van der Waals surface area contributed by atoms with Gasteiger partial charge in [0.1, 0.15) is 5.75 Å². The first-order valence-electron chi connectivity index (χ1n) is 7.22. The molecule has 1 amide bonds. The van der Waals surface area contributed by atoms with Gasteiger partial charge >= 0.3 is 5.97 Å². The van der Waals surface area contributed by atoms with Gasteiger partial charge in [0, 0.05) is 25.3 Å². The van der Waals surface area contributed by atoms with Crippen molar-refractivity contribution < 1.29 is 19.1 Å². The monoisotopic (exact) mass is 291 g/mol. The molecule has 21 heavy (non-hydrogen) atoms. The zero-order valence-corrected chi connectivity index (χ0v) is 12.3. The molecular weight excluding hydrogens is 270 g/mol. The Labute approximate surface area is 124 Å². The molecule has 0 radical (unpaired) electrons. The number of carbonyl (C=O) groups excluding carboxylic acids is 2. The average Bonchev–Trinajstić information content (AvgIpc) is 2.51. The Morgan fingerprint density at radius 3 is 2.76 bits per heavy atom. The predicted octanol–water partition coefficient (Wildman–Crippen LogP) is 1.70. The standard InChI is InChI=1S/C16H21NO4/c1-20-16(19)7-4-12-2-5-14(6-3-12)21-11-13-8-9-17-15(18)10-13/h2-3,5-6,13H,4,7-11H2,1H3,(H,17,18). The van der Waals surface area contributed by atoms with E-state index in [1.54, 1.807) is 0 Å². The summed E-state index contributed by atoms with van der Waals surface area (Å²) in [6.07, 6.45) is 2.55. The topological polar surface area (TPSA) is 64.6 Å². The number of ether oxygens (including phenoxy) is 2. The van der Waals surface area contributed by atoms with Crippen LogP contribution in [0.25, 0.3) is 0 Å². The van der Waals surface area contributed by atoms with Crippen molar-refractivity contribution in [3.63, 3.8) is 0 Å². The second-order valence-corrected chi connectivity index (χ2v) is 5.24. The van der Waals surface area contributed by atoms with Gasteiger partial charge < -0.3 is 14.8 Å². The summed E-state index contributed by atoms with van der Waals surface area (Å²) in [5.74, 6) is 0.986. The molecule has 0 saturated carbocycles. The Bertz CT molecular complexity index is 484. The minimum Gasteiger partial charge on any atom is -0.493 e. The molecule has 1 aliphatic rings. The van der Waals surface area contributed by atoms with Gasteiger partial charge in [0.05, 0.1) is 13.7 Å². The van der Waals surface area contributed by atoms with E-state index in [0.717, 1.165) is 24.3 Å². The molecule has 2 rings (SSSR count). The smallest absolute Gasteiger partial charge is 0.305 e. The largest absolute Gasteiger partial charge is 0.493 e. The first kappa shape index (κ1) is 15.4. The number of hydrogen-bond donors (Lipinski definition) is 1. The van der Waals surface area contributed by atoms with Crippen LogP contribution in [0.15, 0.2) is 24.3 Å². The van der Waals surface area contributed by atoms with Crippen LogP contribution in [0.3, 0.4) is 0 Å². The van der Waals surface area contributed by atoms with Gasteiger partial charge in [0.15, 0.2) is 0 Å². The fourth-order valence-corrected chi connectivity index (χ4v) is 2.31. The highest BCUT2D eigenvalue weighted by Gasteiger charge is 2.19. The highest BCUT2D eigenvalue weighted by atomic mass is 16.5. The average molecular weight is 291 g/mol. The minimum absolute atomic E-state index is 0.105. The fourth-order valence-electron chi connectivity index (χ4n) is 2.31. The molecule has 1 saturated heterocycles. The van der Waals surface area contributed by atoms with Gasteiger partial charge in [-0.2, -0.15) is 0 Å². The molecule has 5 heteroatoms. The minimum atomic E-state index is -0.203. The molecule has 1 aromatic rings. The van der Waals surface area contributed by atoms with E-state index in [0.29, 0.717) is 25.9 Å². The Morgan fingerprint density at radius 2 is 2.10 bits per heavy atom. The third-order valence-electron chi connectivity index (χ3n) is 3.60. The van der Waals surface area contributed by atoms with E-state index in [9.17, 15) is 9.59 Å². The van der Waals surface area contributed by atoms with Crippen molar-refractivity contribution in [1.29, 1.82) is 0 Å². The third kappa shape index (κ3) is 5.10. The zero-order chi connectivity index (χ0) is 15.1. The van der Waals surface area contributed by atoms with E-state index < -0.39 is 0 Å². The predicted molar refractivity (Wildman–Crippen MR) is 78.0 cm³/mol. The van der Waals surface area contributed by atoms with Crippen LogP contribution in [0.5, 0.6) is 5.75 Å². The number of rotatable bonds is 6. The molecule has 0 bridgehead atoms. The number of benzene rings is 1. The van der Waals surface area contributed by atoms with E-state index in [1.807, 2.05) is 24.3 Å². The summed E-state index contributed by atoms with van der Waals surface area (Å²) in [4.78, 5) is 22.4. The van der Waals surface area contributed by atoms with Gasteiger partial charge in [-0.3, -0.25) is 9.59 Å². The maximum Gasteiger partial charge on any atom is 0.305 e. The van der Waals surface area contributed by atoms with Gasteiger partial charge in [-0.15, -0.1) is 0 Å². The van der Waals surface area contributed by atoms with Crippen LogP contribution in [0.4, 0.5) is 0 Å². The molecule has 1 unspecified atom stereocenters. The third-order valence-corrected chi connectivity index (χ3v) is 3.60. The maximum atomic E-state index is 11.3. The Kier molecular flexibility index (Phi) is 5.60. The number of nitrogens with one attached hydrogen (secondary N) is 1. The quantitative estimate of drug-likeness (QED) is 0.810. The lowest BCUT2D eigenvalue weighted by Gasteiger charge is -2.22. The molecule has 0 aliphatic carbocycles. The van der Waals surface area contributed by atoms with Gasteiger partial charge in [-0.05, 0) is 30.5 Å². The van der Waals surface area contributed by atoms with E-state index in [2.05, 4.69) is 10.1 Å². The zero-order valence-electron chi connectivity index (χ0n) is 12.3. The van der Waals surface area contributed by atoms with Gasteiger partial charge in [0.2, 0.25) is 5.91 Å². The molecule has 1 aromatic carbocycles. The summed E-state index contributed by atoms with van der Waals surface area (Å²) >= 11 is 0. The number of esters is 1. The van der Waals surface area contributed by atoms with E-state index >= 15 is 0 Å². The highest BCUT2D eigenvalue weighted by Crippen LogP contribution is 2.18. The van der Waals surface area contributed by atoms with Crippen LogP contribution in [-0.4, -0.2) is 32.1 Å². The molecule has 1 heterocycles. The van der Waals surface area contributed by atoms with Crippen LogP contribution < -0.4 is 10.1 Å². The number of carbonyl (C=O) groups is 2. The lowest BCUT2D eigenvalue weighted by atomic mass is 9.99. The summed E-state index contributed by atoms with van der Waals surface area (Å²) < 4.78 is 10.3. The summed E-state index contributed by atoms with van der Waals surface area (Å²) in [6.45, 7) is 1.30. The summed E-state index contributed by atoms with van der Waals surface area (Å²) in [6, 6.07) is 7.70. The molecule has 114 valence electrons. The van der Waals surface area contributed by atoms with Crippen molar-refractivity contribution in [2.45, 2.75) is 25.7 Å². The Morgan fingerprint density at radius 1 is 1.33 bits per heavy atom. The summed E-state index contributed by atoms with van der Waals surface area (Å²) in [5.41, 5.74) is 1.07. The molecule has 5 nitrogen and oxygen atoms in total. The highest BCUT2D eigenvalue weighted by molar-refractivity contribution is 5.76. The van der Waals surface area contributed by atoms with E-state index in [1.165, 1.54) is 7.11 Å². The number of hydrogen-bond acceptors (Lipinski definition) is 4. The molecular formula is C16H21NO4. The van der Waals surface area contributed by atoms with E-state index in [-0.39, 0.29) is 17.8 Å². The lowest BCUT2D eigenvalue weighted by molar-refractivity contribution is -0.140. The Hall–Kier alpha value is -2.04. The second-order valence-electron chi connectivity index (χ2n) is 5.24. The SMILES string of the molecule is COC(=O)CCc1ccc(OCC2CCNC(=O)C2)cc1. The van der Waals surface area contributed by atoms with Gasteiger partial charge in [0.25, 0.3) is 0 Å². The van der Waals surface area contributed by atoms with Gasteiger partial charge in [-0.1, -0.05) is 12.1 Å². The van der Waals surface area contributed by atoms with Crippen LogP contribution in [0.1, 0.15) is 24.8 Å².